The number of aliphatic hydroxyl groups is 5. The molecule has 6 N–H and O–H groups in total. The topological polar surface area (TPSA) is 385 Å². The average molecular weight is 1400 g/mol. The number of aromatic hydroxyl groups is 1. The van der Waals surface area contributed by atoms with Gasteiger partial charge in [0.05, 0.1) is 80.4 Å². The van der Waals surface area contributed by atoms with Crippen molar-refractivity contribution >= 4 is 40.9 Å². The predicted octanol–water partition coefficient (Wildman–Crippen LogP) is 1.05. The Morgan fingerprint density at radius 1 is 0.653 bits per heavy atom. The van der Waals surface area contributed by atoms with Crippen molar-refractivity contribution in [3.63, 3.8) is 0 Å². The molecule has 0 saturated carbocycles. The van der Waals surface area contributed by atoms with E-state index in [1.165, 1.54) is 49.2 Å². The first kappa shape index (κ1) is 73.2. The number of esters is 2. The molecule has 31 atom stereocenters. The van der Waals surface area contributed by atoms with Crippen LogP contribution in [0, 0.1) is 12.8 Å². The highest BCUT2D eigenvalue weighted by molar-refractivity contribution is 6.39. The smallest absolute Gasteiger partial charge is 0.342 e. The molecule has 1 aromatic rings. The second kappa shape index (κ2) is 28.4. The fraction of sp³-hybridized carbons (Fsp3) is 0.852. The largest absolute Gasteiger partial charge is 0.505 e. The lowest BCUT2D eigenvalue weighted by atomic mass is 9.81. The zero-order valence-corrected chi connectivity index (χ0v) is 56.5. The maximum Gasteiger partial charge on any atom is 0.342 e. The van der Waals surface area contributed by atoms with Crippen molar-refractivity contribution in [1.82, 2.24) is 0 Å². The molecule has 6 unspecified atom stereocenters. The lowest BCUT2D eigenvalue weighted by molar-refractivity contribution is -0.428. The molecule has 10 saturated heterocycles. The summed E-state index contributed by atoms with van der Waals surface area (Å²) in [6.45, 7) is 15.0. The van der Waals surface area contributed by atoms with Crippen LogP contribution >= 0.6 is 23.2 Å². The van der Waals surface area contributed by atoms with Gasteiger partial charge in [0, 0.05) is 34.2 Å². The van der Waals surface area contributed by atoms with Gasteiger partial charge >= 0.3 is 17.9 Å². The molecule has 0 bridgehead atoms. The Bertz CT molecular complexity index is 2890. The number of fused-ring (bicyclic) bond motifs is 4. The number of rotatable bonds is 18. The van der Waals surface area contributed by atoms with Crippen LogP contribution in [0.2, 0.25) is 10.0 Å². The fourth-order valence-corrected chi connectivity index (χ4v) is 15.1. The summed E-state index contributed by atoms with van der Waals surface area (Å²) in [5, 5.41) is 69.1. The standard InChI is InChI=1S/C61H88Cl2O32/c1-21(2)53(70)87-49-45-32(92-61(93-45)52-51(78-20-79-52)60(72,27(8)64)28(9)91-61)19-77-56(49)89-57-48(76-14)39(68)44(31(83-57)18-73-11)88-55-40(69)47(43(74-12)24(5)82-55)85-34-17-58(10)50(26(7)81-34)94-59(95-58)16-30(66)42(25(6)90-59)84-33-15-29(65)41(23(4)80-33)86-54(71)35-22(3)36(62)38(67)37(63)46(35)75-13/h21,23-26,28-34,39-45,47-52,55-57,65-69,72H,15-20H2,1-14H3/t23-,24-,25-,26-,28-,29-,30+,31-,32?,33+,34+,39+,40-,41-,42-,43+,44-,45?,47-,48+,49-,50?,51?,52?,55+,56+,57+,58-,59?,60+,61-/m1/s1. The zero-order valence-electron chi connectivity index (χ0n) is 55.0. The summed E-state index contributed by atoms with van der Waals surface area (Å²) in [5.41, 5.74) is -3.34. The quantitative estimate of drug-likeness (QED) is 0.112. The molecular formula is C61H88Cl2O32. The molecule has 10 fully saturated rings. The number of aliphatic hydroxyl groups excluding tert-OH is 4. The van der Waals surface area contributed by atoms with Gasteiger partial charge in [-0.1, -0.05) is 37.0 Å². The van der Waals surface area contributed by atoms with Crippen molar-refractivity contribution in [1.29, 1.82) is 0 Å². The normalized spacial score (nSPS) is 47.3. The van der Waals surface area contributed by atoms with Crippen LogP contribution in [-0.2, 0) is 114 Å². The van der Waals surface area contributed by atoms with Gasteiger partial charge in [0.1, 0.15) is 96.2 Å². The summed E-state index contributed by atoms with van der Waals surface area (Å²) in [6.07, 6.45) is -32.8. The molecule has 538 valence electrons. The number of phenolic OH excluding ortho intramolecular Hbond substituents is 1. The molecule has 1 aromatic carbocycles. The number of benzene rings is 1. The molecule has 0 radical (unpaired) electrons. The first-order valence-electron chi connectivity index (χ1n) is 31.7. The van der Waals surface area contributed by atoms with Crippen molar-refractivity contribution in [2.75, 3.05) is 48.4 Å². The number of methoxy groups -OCH3 is 4. The van der Waals surface area contributed by atoms with Crippen LogP contribution in [0.3, 0.4) is 0 Å². The minimum atomic E-state index is -2.13. The third-order valence-electron chi connectivity index (χ3n) is 19.4. The van der Waals surface area contributed by atoms with E-state index in [1.807, 2.05) is 0 Å². The Labute approximate surface area is 557 Å². The van der Waals surface area contributed by atoms with E-state index in [-0.39, 0.29) is 66.2 Å². The van der Waals surface area contributed by atoms with E-state index in [4.69, 9.17) is 132 Å². The summed E-state index contributed by atoms with van der Waals surface area (Å²) in [5.74, 6) is -7.41. The van der Waals surface area contributed by atoms with Crippen LogP contribution in [0.4, 0.5) is 0 Å². The number of phenols is 1. The first-order chi connectivity index (χ1) is 44.9. The van der Waals surface area contributed by atoms with Crippen molar-refractivity contribution in [3.8, 4) is 11.5 Å². The fourth-order valence-electron chi connectivity index (χ4n) is 14.6. The number of ketones is 1. The van der Waals surface area contributed by atoms with E-state index in [2.05, 4.69) is 0 Å². The summed E-state index contributed by atoms with van der Waals surface area (Å²) in [6, 6.07) is 0. The Hall–Kier alpha value is -2.99. The van der Waals surface area contributed by atoms with E-state index in [9.17, 15) is 45.0 Å². The van der Waals surface area contributed by atoms with E-state index >= 15 is 0 Å². The molecule has 10 heterocycles. The molecule has 11 rings (SSSR count). The number of hydrogen-bond acceptors (Lipinski definition) is 32. The van der Waals surface area contributed by atoms with Crippen molar-refractivity contribution < 1.29 is 154 Å². The molecule has 0 aliphatic carbocycles. The minimum Gasteiger partial charge on any atom is -0.505 e. The highest BCUT2D eigenvalue weighted by Crippen LogP contribution is 2.53. The first-order valence-corrected chi connectivity index (χ1v) is 32.5. The maximum absolute atomic E-state index is 13.6. The average Bonchev–Trinajstić information content (AvgIpc) is 1.59. The van der Waals surface area contributed by atoms with Gasteiger partial charge in [-0.05, 0) is 61.0 Å². The molecule has 95 heavy (non-hydrogen) atoms. The van der Waals surface area contributed by atoms with Gasteiger partial charge in [-0.2, -0.15) is 0 Å². The highest BCUT2D eigenvalue weighted by atomic mass is 35.5. The Morgan fingerprint density at radius 2 is 1.34 bits per heavy atom. The Morgan fingerprint density at radius 3 is 1.99 bits per heavy atom. The van der Waals surface area contributed by atoms with Crippen molar-refractivity contribution in [2.45, 2.75) is 277 Å². The summed E-state index contributed by atoms with van der Waals surface area (Å²) >= 11 is 12.5. The van der Waals surface area contributed by atoms with Gasteiger partial charge in [-0.25, -0.2) is 4.79 Å². The molecule has 0 aromatic heterocycles. The molecule has 10 aliphatic rings. The molecule has 2 spiro atoms. The van der Waals surface area contributed by atoms with Crippen LogP contribution in [0.25, 0.3) is 0 Å². The van der Waals surface area contributed by atoms with Gasteiger partial charge in [0.2, 0.25) is 6.29 Å². The molecule has 0 amide bonds. The maximum atomic E-state index is 13.6. The second-order valence-electron chi connectivity index (χ2n) is 26.2. The van der Waals surface area contributed by atoms with Crippen LogP contribution in [0.15, 0.2) is 0 Å². The molecular weight excluding hydrogens is 1320 g/mol. The third kappa shape index (κ3) is 13.4. The predicted molar refractivity (Wildman–Crippen MR) is 313 cm³/mol. The highest BCUT2D eigenvalue weighted by Gasteiger charge is 2.73. The van der Waals surface area contributed by atoms with Crippen LogP contribution in [0.5, 0.6) is 11.5 Å². The van der Waals surface area contributed by atoms with Gasteiger partial charge in [-0.3, -0.25) is 9.59 Å². The van der Waals surface area contributed by atoms with Gasteiger partial charge in [0.25, 0.3) is 5.97 Å². The van der Waals surface area contributed by atoms with Crippen molar-refractivity contribution in [2.24, 2.45) is 5.92 Å². The summed E-state index contributed by atoms with van der Waals surface area (Å²) < 4.78 is 142. The van der Waals surface area contributed by atoms with Crippen molar-refractivity contribution in [3.05, 3.63) is 21.2 Å². The van der Waals surface area contributed by atoms with E-state index in [0.29, 0.717) is 0 Å². The van der Waals surface area contributed by atoms with E-state index in [0.717, 1.165) is 0 Å². The van der Waals surface area contributed by atoms with E-state index in [1.54, 1.807) is 48.5 Å². The van der Waals surface area contributed by atoms with Gasteiger partial charge in [0.15, 0.2) is 66.4 Å². The van der Waals surface area contributed by atoms with Gasteiger partial charge in [-0.15, -0.1) is 0 Å². The monoisotopic (exact) mass is 1400 g/mol. The van der Waals surface area contributed by atoms with Crippen LogP contribution in [-0.4, -0.2) is 286 Å². The lowest BCUT2D eigenvalue weighted by Crippen LogP contribution is -2.72. The van der Waals surface area contributed by atoms with E-state index < -0.39 is 218 Å². The second-order valence-corrected chi connectivity index (χ2v) is 27.0. The van der Waals surface area contributed by atoms with Crippen LogP contribution < -0.4 is 4.74 Å². The Kier molecular flexibility index (Phi) is 21.9. The lowest BCUT2D eigenvalue weighted by Gasteiger charge is -2.49. The molecule has 34 heteroatoms. The SMILES string of the molecule is COC[C@H]1O[C@@H](O[C@@H]2OCC3O[C@]4(OC3[C@H]2OC(=O)C(C)C)O[C@H](C)[C@@](O)(C(C)=O)C2OCOC24)[C@@H](OC)[C@@H](O)[C@@H]1O[C@@H]1O[C@H](C)[C@H](OC)[C@H](O[C@H]2C[C@@]3(C)OC4(C[C@H](O)[C@H](O[C@H]5C[C@@H](O)[C@H](OC(=O)c6c(C)c(Cl)c(O)c(Cl)c6OC)[C@@H](C)O5)[C@@H](C)O4)OC3[C@@H](C)O2)[C@H]1O. The number of ether oxygens (including phenoxy) is 23. The van der Waals surface area contributed by atoms with Crippen LogP contribution in [0.1, 0.15) is 97.5 Å². The number of carbonyl (C=O) groups is 3. The third-order valence-corrected chi connectivity index (χ3v) is 20.2. The van der Waals surface area contributed by atoms with Gasteiger partial charge < -0.3 is 140 Å². The summed E-state index contributed by atoms with van der Waals surface area (Å²) in [4.78, 5) is 39.8. The number of hydrogen-bond donors (Lipinski definition) is 6. The Balaban J connectivity index is 0.722. The minimum absolute atomic E-state index is 0.00299. The summed E-state index contributed by atoms with van der Waals surface area (Å²) in [7, 11) is 5.35. The molecule has 10 aliphatic heterocycles. The number of halogens is 2. The molecule has 32 nitrogen and oxygen atoms in total. The zero-order chi connectivity index (χ0) is 68.9. The number of carbonyl (C=O) groups excluding carboxylic acids is 3. The number of Topliss-reactive ketones (excluding diaryl/α,β-unsaturated/α-hetero) is 1.